The minimum atomic E-state index is -0.135. The Balaban J connectivity index is 1.93. The zero-order valence-corrected chi connectivity index (χ0v) is 12.6. The number of benzene rings is 1. The lowest BCUT2D eigenvalue weighted by atomic mass is 10.0. The van der Waals surface area contributed by atoms with Crippen LogP contribution in [0.3, 0.4) is 0 Å². The highest BCUT2D eigenvalue weighted by molar-refractivity contribution is 7.80. The van der Waals surface area contributed by atoms with Crippen molar-refractivity contribution >= 4 is 30.1 Å². The topological polar surface area (TPSA) is 38.3 Å². The highest BCUT2D eigenvalue weighted by Crippen LogP contribution is 2.48. The molecule has 0 aliphatic heterocycles. The minimum absolute atomic E-state index is 0.135. The normalized spacial score (nSPS) is 16.2. The summed E-state index contributed by atoms with van der Waals surface area (Å²) in [5.74, 6) is -0.135. The number of rotatable bonds is 6. The van der Waals surface area contributed by atoms with Gasteiger partial charge in [-0.25, -0.2) is 0 Å². The van der Waals surface area contributed by atoms with Gasteiger partial charge in [-0.1, -0.05) is 11.6 Å². The molecule has 19 heavy (non-hydrogen) atoms. The van der Waals surface area contributed by atoms with Crippen molar-refractivity contribution in [3.63, 3.8) is 0 Å². The van der Waals surface area contributed by atoms with Crippen LogP contribution < -0.4 is 5.32 Å². The average Bonchev–Trinajstić information content (AvgIpc) is 3.17. The molecule has 104 valence electrons. The van der Waals surface area contributed by atoms with E-state index in [1.807, 2.05) is 0 Å². The lowest BCUT2D eigenvalue weighted by Gasteiger charge is -2.16. The summed E-state index contributed by atoms with van der Waals surface area (Å²) in [6.45, 7) is 1.42. The molecule has 3 nitrogen and oxygen atoms in total. The van der Waals surface area contributed by atoms with Crippen LogP contribution in [-0.4, -0.2) is 26.2 Å². The maximum Gasteiger partial charge on any atom is 0.252 e. The van der Waals surface area contributed by atoms with Crippen molar-refractivity contribution in [3.05, 3.63) is 28.8 Å². The highest BCUT2D eigenvalue weighted by atomic mass is 35.5. The van der Waals surface area contributed by atoms with Crippen LogP contribution in [0, 0.1) is 5.41 Å². The summed E-state index contributed by atoms with van der Waals surface area (Å²) in [6, 6.07) is 5.15. The number of carbonyl (C=O) groups is 1. The van der Waals surface area contributed by atoms with Gasteiger partial charge in [0, 0.05) is 25.2 Å². The molecule has 2 rings (SSSR count). The Morgan fingerprint density at radius 1 is 1.53 bits per heavy atom. The smallest absolute Gasteiger partial charge is 0.252 e. The SMILES string of the molecule is COCCC1(CNC(=O)c2cc(S)ccc2Cl)CC1. The van der Waals surface area contributed by atoms with Gasteiger partial charge < -0.3 is 10.1 Å². The van der Waals surface area contributed by atoms with Gasteiger partial charge in [0.25, 0.3) is 5.91 Å². The largest absolute Gasteiger partial charge is 0.385 e. The first-order valence-electron chi connectivity index (χ1n) is 6.32. The lowest BCUT2D eigenvalue weighted by Crippen LogP contribution is -2.31. The van der Waals surface area contributed by atoms with Gasteiger partial charge in [0.2, 0.25) is 0 Å². The summed E-state index contributed by atoms with van der Waals surface area (Å²) in [4.78, 5) is 12.8. The molecule has 0 radical (unpaired) electrons. The van der Waals surface area contributed by atoms with E-state index in [0.717, 1.165) is 30.8 Å². The Labute approximate surface area is 124 Å². The van der Waals surface area contributed by atoms with E-state index in [0.29, 0.717) is 17.1 Å². The van der Waals surface area contributed by atoms with E-state index in [9.17, 15) is 4.79 Å². The first kappa shape index (κ1) is 14.7. The zero-order valence-electron chi connectivity index (χ0n) is 10.9. The second-order valence-corrected chi connectivity index (χ2v) is 6.01. The van der Waals surface area contributed by atoms with E-state index in [1.165, 1.54) is 0 Å². The molecule has 1 aliphatic carbocycles. The Morgan fingerprint density at radius 2 is 2.26 bits per heavy atom. The van der Waals surface area contributed by atoms with Crippen LogP contribution >= 0.6 is 24.2 Å². The molecule has 1 amide bonds. The molecule has 1 saturated carbocycles. The van der Waals surface area contributed by atoms with Crippen molar-refractivity contribution in [1.29, 1.82) is 0 Å². The van der Waals surface area contributed by atoms with Crippen LogP contribution in [-0.2, 0) is 4.74 Å². The molecule has 0 bridgehead atoms. The van der Waals surface area contributed by atoms with E-state index in [1.54, 1.807) is 25.3 Å². The van der Waals surface area contributed by atoms with Gasteiger partial charge in [-0.15, -0.1) is 12.6 Å². The molecule has 0 atom stereocenters. The third-order valence-corrected chi connectivity index (χ3v) is 4.22. The number of amides is 1. The predicted molar refractivity (Wildman–Crippen MR) is 79.2 cm³/mol. The number of carbonyl (C=O) groups excluding carboxylic acids is 1. The van der Waals surface area contributed by atoms with Gasteiger partial charge >= 0.3 is 0 Å². The third-order valence-electron chi connectivity index (χ3n) is 3.61. The van der Waals surface area contributed by atoms with Crippen molar-refractivity contribution in [2.24, 2.45) is 5.41 Å². The molecule has 0 saturated heterocycles. The number of methoxy groups -OCH3 is 1. The average molecular weight is 300 g/mol. The Morgan fingerprint density at radius 3 is 2.89 bits per heavy atom. The van der Waals surface area contributed by atoms with Crippen LogP contribution in [0.5, 0.6) is 0 Å². The Bertz CT molecular complexity index is 475. The monoisotopic (exact) mass is 299 g/mol. The maximum absolute atomic E-state index is 12.1. The van der Waals surface area contributed by atoms with Crippen LogP contribution in [0.25, 0.3) is 0 Å². The van der Waals surface area contributed by atoms with Gasteiger partial charge in [-0.2, -0.15) is 0 Å². The molecule has 0 heterocycles. The summed E-state index contributed by atoms with van der Waals surface area (Å²) in [5.41, 5.74) is 0.716. The standard InChI is InChI=1S/C14H18ClNO2S/c1-18-7-6-14(4-5-14)9-16-13(17)11-8-10(19)2-3-12(11)15/h2-3,8,19H,4-7,9H2,1H3,(H,16,17). The minimum Gasteiger partial charge on any atom is -0.385 e. The van der Waals surface area contributed by atoms with E-state index < -0.39 is 0 Å². The number of hydrogen-bond acceptors (Lipinski definition) is 3. The fourth-order valence-corrected chi connectivity index (χ4v) is 2.47. The molecule has 1 aromatic carbocycles. The van der Waals surface area contributed by atoms with Gasteiger partial charge in [0.15, 0.2) is 0 Å². The second-order valence-electron chi connectivity index (χ2n) is 5.09. The van der Waals surface area contributed by atoms with Gasteiger partial charge in [-0.3, -0.25) is 4.79 Å². The van der Waals surface area contributed by atoms with Crippen molar-refractivity contribution in [2.45, 2.75) is 24.2 Å². The molecule has 1 aromatic rings. The lowest BCUT2D eigenvalue weighted by molar-refractivity contribution is 0.0938. The summed E-state index contributed by atoms with van der Waals surface area (Å²) in [7, 11) is 1.70. The second kappa shape index (κ2) is 6.16. The molecule has 1 fully saturated rings. The number of hydrogen-bond donors (Lipinski definition) is 2. The number of halogens is 1. The Hall–Kier alpha value is -0.710. The van der Waals surface area contributed by atoms with Crippen molar-refractivity contribution < 1.29 is 9.53 Å². The molecule has 5 heteroatoms. The number of thiol groups is 1. The molecule has 0 unspecified atom stereocenters. The quantitative estimate of drug-likeness (QED) is 0.792. The molecule has 1 N–H and O–H groups in total. The van der Waals surface area contributed by atoms with E-state index in [2.05, 4.69) is 17.9 Å². The summed E-state index contributed by atoms with van der Waals surface area (Å²) in [5, 5.41) is 3.42. The maximum atomic E-state index is 12.1. The molecule has 0 aromatic heterocycles. The van der Waals surface area contributed by atoms with Crippen LogP contribution in [0.4, 0.5) is 0 Å². The van der Waals surface area contributed by atoms with Gasteiger partial charge in [0.1, 0.15) is 0 Å². The van der Waals surface area contributed by atoms with Crippen LogP contribution in [0.15, 0.2) is 23.1 Å². The fraction of sp³-hybridized carbons (Fsp3) is 0.500. The van der Waals surface area contributed by atoms with E-state index >= 15 is 0 Å². The van der Waals surface area contributed by atoms with Crippen molar-refractivity contribution in [1.82, 2.24) is 5.32 Å². The van der Waals surface area contributed by atoms with Gasteiger partial charge in [0.05, 0.1) is 10.6 Å². The number of ether oxygens (including phenoxy) is 1. The first-order chi connectivity index (χ1) is 9.06. The summed E-state index contributed by atoms with van der Waals surface area (Å²) in [6.07, 6.45) is 3.29. The van der Waals surface area contributed by atoms with Crippen LogP contribution in [0.2, 0.25) is 5.02 Å². The highest BCUT2D eigenvalue weighted by Gasteiger charge is 2.42. The predicted octanol–water partition coefficient (Wildman–Crippen LogP) is 3.18. The molecular formula is C14H18ClNO2S. The summed E-state index contributed by atoms with van der Waals surface area (Å²) >= 11 is 10.2. The first-order valence-corrected chi connectivity index (χ1v) is 7.14. The molecule has 0 spiro atoms. The third kappa shape index (κ3) is 3.88. The summed E-state index contributed by atoms with van der Waals surface area (Å²) < 4.78 is 5.10. The number of nitrogens with one attached hydrogen (secondary N) is 1. The van der Waals surface area contributed by atoms with Crippen molar-refractivity contribution in [2.75, 3.05) is 20.3 Å². The van der Waals surface area contributed by atoms with E-state index in [-0.39, 0.29) is 11.3 Å². The molecule has 1 aliphatic rings. The Kier molecular flexibility index (Phi) is 4.76. The van der Waals surface area contributed by atoms with Gasteiger partial charge in [-0.05, 0) is 42.9 Å². The zero-order chi connectivity index (χ0) is 13.9. The van der Waals surface area contributed by atoms with Crippen molar-refractivity contribution in [3.8, 4) is 0 Å². The molecular weight excluding hydrogens is 282 g/mol. The van der Waals surface area contributed by atoms with Crippen LogP contribution in [0.1, 0.15) is 29.6 Å². The van der Waals surface area contributed by atoms with E-state index in [4.69, 9.17) is 16.3 Å². The fourth-order valence-electron chi connectivity index (χ4n) is 2.06.